The first-order valence-corrected chi connectivity index (χ1v) is 6.34. The fourth-order valence-corrected chi connectivity index (χ4v) is 2.01. The summed E-state index contributed by atoms with van der Waals surface area (Å²) in [6, 6.07) is 5.35. The van der Waals surface area contributed by atoms with Gasteiger partial charge in [-0.25, -0.2) is 0 Å². The summed E-state index contributed by atoms with van der Waals surface area (Å²) in [4.78, 5) is 0. The molecular formula is C12H17BrO3. The number of alkyl halides is 1. The van der Waals surface area contributed by atoms with Crippen LogP contribution in [0.4, 0.5) is 0 Å². The van der Waals surface area contributed by atoms with E-state index in [0.717, 1.165) is 11.1 Å². The molecule has 2 unspecified atom stereocenters. The average molecular weight is 289 g/mol. The van der Waals surface area contributed by atoms with Gasteiger partial charge >= 0.3 is 0 Å². The highest BCUT2D eigenvalue weighted by Gasteiger charge is 2.18. The molecule has 0 spiro atoms. The second kappa shape index (κ2) is 6.35. The third-order valence-electron chi connectivity index (χ3n) is 2.65. The molecule has 0 heterocycles. The van der Waals surface area contributed by atoms with Gasteiger partial charge in [-0.2, -0.15) is 0 Å². The molecule has 0 radical (unpaired) electrons. The van der Waals surface area contributed by atoms with Gasteiger partial charge in [0.25, 0.3) is 0 Å². The molecule has 0 aromatic heterocycles. The van der Waals surface area contributed by atoms with E-state index in [1.165, 1.54) is 0 Å². The van der Waals surface area contributed by atoms with Crippen LogP contribution in [0.2, 0.25) is 0 Å². The van der Waals surface area contributed by atoms with Crippen molar-refractivity contribution in [3.63, 3.8) is 0 Å². The van der Waals surface area contributed by atoms with E-state index in [0.29, 0.717) is 17.3 Å². The van der Waals surface area contributed by atoms with E-state index >= 15 is 0 Å². The van der Waals surface area contributed by atoms with Crippen LogP contribution in [0.15, 0.2) is 18.2 Å². The topological polar surface area (TPSA) is 60.7 Å². The van der Waals surface area contributed by atoms with Gasteiger partial charge in [-0.05, 0) is 30.0 Å². The molecule has 90 valence electrons. The summed E-state index contributed by atoms with van der Waals surface area (Å²) in [5, 5.41) is 29.3. The van der Waals surface area contributed by atoms with Gasteiger partial charge in [-0.3, -0.25) is 0 Å². The summed E-state index contributed by atoms with van der Waals surface area (Å²) in [5.41, 5.74) is 2.40. The molecule has 1 aromatic rings. The van der Waals surface area contributed by atoms with Gasteiger partial charge in [0.2, 0.25) is 0 Å². The summed E-state index contributed by atoms with van der Waals surface area (Å²) in [6.45, 7) is 1.84. The monoisotopic (exact) mass is 288 g/mol. The van der Waals surface area contributed by atoms with E-state index in [1.807, 2.05) is 13.0 Å². The Bertz CT molecular complexity index is 341. The highest BCUT2D eigenvalue weighted by molar-refractivity contribution is 9.09. The van der Waals surface area contributed by atoms with Crippen LogP contribution in [0.25, 0.3) is 0 Å². The van der Waals surface area contributed by atoms with Crippen molar-refractivity contribution in [3.05, 3.63) is 34.9 Å². The fraction of sp³-hybridized carbons (Fsp3) is 0.500. The van der Waals surface area contributed by atoms with Crippen molar-refractivity contribution in [1.29, 1.82) is 0 Å². The third kappa shape index (κ3) is 3.28. The van der Waals surface area contributed by atoms with E-state index < -0.39 is 12.2 Å². The van der Waals surface area contributed by atoms with Gasteiger partial charge in [0, 0.05) is 5.33 Å². The molecule has 0 fully saturated rings. The minimum atomic E-state index is -0.900. The van der Waals surface area contributed by atoms with Crippen LogP contribution in [-0.2, 0) is 6.61 Å². The summed E-state index contributed by atoms with van der Waals surface area (Å²) in [7, 11) is 0. The van der Waals surface area contributed by atoms with Gasteiger partial charge in [0.1, 0.15) is 6.10 Å². The van der Waals surface area contributed by atoms with E-state index in [-0.39, 0.29) is 6.61 Å². The quantitative estimate of drug-likeness (QED) is 0.723. The molecule has 3 nitrogen and oxygen atoms in total. The number of aryl methyl sites for hydroxylation is 1. The standard InChI is InChI=1S/C12H17BrO3/c1-8-2-3-9(6-10(8)7-14)12(16)11(15)4-5-13/h2-3,6,11-12,14-16H,4-5,7H2,1H3. The van der Waals surface area contributed by atoms with E-state index in [9.17, 15) is 10.2 Å². The van der Waals surface area contributed by atoms with Gasteiger partial charge in [0.15, 0.2) is 0 Å². The van der Waals surface area contributed by atoms with Crippen molar-refractivity contribution in [2.75, 3.05) is 5.33 Å². The first-order valence-electron chi connectivity index (χ1n) is 5.22. The minimum absolute atomic E-state index is 0.0546. The molecular weight excluding hydrogens is 272 g/mol. The molecule has 2 atom stereocenters. The third-order valence-corrected chi connectivity index (χ3v) is 3.11. The zero-order valence-corrected chi connectivity index (χ0v) is 10.8. The maximum Gasteiger partial charge on any atom is 0.105 e. The van der Waals surface area contributed by atoms with Crippen LogP contribution in [0.3, 0.4) is 0 Å². The van der Waals surface area contributed by atoms with Crippen LogP contribution in [0, 0.1) is 6.92 Å². The predicted molar refractivity (Wildman–Crippen MR) is 66.5 cm³/mol. The normalized spacial score (nSPS) is 14.8. The number of hydrogen-bond acceptors (Lipinski definition) is 3. The van der Waals surface area contributed by atoms with Gasteiger partial charge in [0.05, 0.1) is 12.7 Å². The largest absolute Gasteiger partial charge is 0.392 e. The van der Waals surface area contributed by atoms with Crippen molar-refractivity contribution in [3.8, 4) is 0 Å². The number of hydrogen-bond donors (Lipinski definition) is 3. The number of halogens is 1. The molecule has 4 heteroatoms. The Morgan fingerprint density at radius 2 is 2.00 bits per heavy atom. The summed E-state index contributed by atoms with van der Waals surface area (Å²) < 4.78 is 0. The lowest BCUT2D eigenvalue weighted by molar-refractivity contribution is 0.0172. The Kier molecular flexibility index (Phi) is 5.41. The Hall–Kier alpha value is -0.420. The predicted octanol–water partition coefficient (Wildman–Crippen LogP) is 1.67. The van der Waals surface area contributed by atoms with Crippen LogP contribution in [-0.4, -0.2) is 26.8 Å². The Labute approximate surface area is 104 Å². The van der Waals surface area contributed by atoms with Crippen molar-refractivity contribution >= 4 is 15.9 Å². The average Bonchev–Trinajstić information content (AvgIpc) is 2.29. The van der Waals surface area contributed by atoms with Crippen LogP contribution in [0.1, 0.15) is 29.2 Å². The summed E-state index contributed by atoms with van der Waals surface area (Å²) in [5.74, 6) is 0. The highest BCUT2D eigenvalue weighted by Crippen LogP contribution is 2.22. The number of rotatable bonds is 5. The van der Waals surface area contributed by atoms with Crippen LogP contribution < -0.4 is 0 Å². The number of aliphatic hydroxyl groups excluding tert-OH is 3. The molecule has 1 rings (SSSR count). The maximum atomic E-state index is 9.88. The summed E-state index contributed by atoms with van der Waals surface area (Å²) >= 11 is 3.22. The molecule has 0 saturated heterocycles. The molecule has 0 amide bonds. The zero-order chi connectivity index (χ0) is 12.1. The van der Waals surface area contributed by atoms with E-state index in [4.69, 9.17) is 5.11 Å². The van der Waals surface area contributed by atoms with Crippen LogP contribution >= 0.6 is 15.9 Å². The first kappa shape index (κ1) is 13.6. The highest BCUT2D eigenvalue weighted by atomic mass is 79.9. The molecule has 1 aromatic carbocycles. The minimum Gasteiger partial charge on any atom is -0.392 e. The lowest BCUT2D eigenvalue weighted by Crippen LogP contribution is -2.18. The second-order valence-corrected chi connectivity index (χ2v) is 4.63. The fourth-order valence-electron chi connectivity index (χ4n) is 1.54. The Morgan fingerprint density at radius 3 is 2.56 bits per heavy atom. The Morgan fingerprint density at radius 1 is 1.31 bits per heavy atom. The summed E-state index contributed by atoms with van der Waals surface area (Å²) in [6.07, 6.45) is -1.19. The zero-order valence-electron chi connectivity index (χ0n) is 9.23. The van der Waals surface area contributed by atoms with Gasteiger partial charge < -0.3 is 15.3 Å². The molecule has 0 aliphatic carbocycles. The molecule has 0 aliphatic rings. The maximum absolute atomic E-state index is 9.88. The SMILES string of the molecule is Cc1ccc(C(O)C(O)CCBr)cc1CO. The molecule has 0 saturated carbocycles. The molecule has 16 heavy (non-hydrogen) atoms. The lowest BCUT2D eigenvalue weighted by atomic mass is 9.98. The van der Waals surface area contributed by atoms with Crippen molar-refractivity contribution in [2.45, 2.75) is 32.2 Å². The van der Waals surface area contributed by atoms with Crippen molar-refractivity contribution in [1.82, 2.24) is 0 Å². The van der Waals surface area contributed by atoms with E-state index in [1.54, 1.807) is 12.1 Å². The number of benzene rings is 1. The van der Waals surface area contributed by atoms with Gasteiger partial charge in [-0.15, -0.1) is 0 Å². The molecule has 3 N–H and O–H groups in total. The van der Waals surface area contributed by atoms with Crippen molar-refractivity contribution < 1.29 is 15.3 Å². The smallest absolute Gasteiger partial charge is 0.105 e. The van der Waals surface area contributed by atoms with E-state index in [2.05, 4.69) is 15.9 Å². The number of aliphatic hydroxyl groups is 3. The molecule has 0 aliphatic heterocycles. The van der Waals surface area contributed by atoms with Crippen LogP contribution in [0.5, 0.6) is 0 Å². The van der Waals surface area contributed by atoms with Gasteiger partial charge in [-0.1, -0.05) is 34.1 Å². The Balaban J connectivity index is 2.87. The lowest BCUT2D eigenvalue weighted by Gasteiger charge is -2.18. The second-order valence-electron chi connectivity index (χ2n) is 3.83. The molecule has 0 bridgehead atoms. The first-order chi connectivity index (χ1) is 7.60. The van der Waals surface area contributed by atoms with Crippen molar-refractivity contribution in [2.24, 2.45) is 0 Å².